The number of nitrogen functional groups attached to an aromatic ring is 2. The predicted octanol–water partition coefficient (Wildman–Crippen LogP) is 0.839. The standard InChI is InChI=1S/C13H21N3O3/c14-10-7-9(8-11(15)12(10)18)13(19)16-5-3-1-2-4-6-17/h7-8,17-18H,1-6,14-15H2,(H,16,19). The van der Waals surface area contributed by atoms with Crippen LogP contribution in [0, 0.1) is 0 Å². The number of nitrogens with one attached hydrogen (secondary N) is 1. The van der Waals surface area contributed by atoms with Gasteiger partial charge in [0.1, 0.15) is 0 Å². The molecule has 0 spiro atoms. The second kappa shape index (κ2) is 7.48. The van der Waals surface area contributed by atoms with E-state index in [2.05, 4.69) is 5.32 Å². The molecule has 7 N–H and O–H groups in total. The number of carbonyl (C=O) groups excluding carboxylic acids is 1. The van der Waals surface area contributed by atoms with Crippen LogP contribution in [0.2, 0.25) is 0 Å². The number of hydrogen-bond acceptors (Lipinski definition) is 5. The first-order valence-electron chi connectivity index (χ1n) is 6.33. The van der Waals surface area contributed by atoms with Gasteiger partial charge in [0.15, 0.2) is 5.75 Å². The van der Waals surface area contributed by atoms with Gasteiger partial charge in [-0.25, -0.2) is 0 Å². The van der Waals surface area contributed by atoms with E-state index in [0.717, 1.165) is 25.7 Å². The Hall–Kier alpha value is -1.95. The number of benzene rings is 1. The molecule has 106 valence electrons. The quantitative estimate of drug-likeness (QED) is 0.285. The first-order chi connectivity index (χ1) is 9.06. The van der Waals surface area contributed by atoms with E-state index in [1.807, 2.05) is 0 Å². The molecule has 0 saturated heterocycles. The molecular formula is C13H21N3O3. The van der Waals surface area contributed by atoms with Gasteiger partial charge in [-0.15, -0.1) is 0 Å². The molecule has 0 bridgehead atoms. The van der Waals surface area contributed by atoms with E-state index in [0.29, 0.717) is 12.1 Å². The maximum atomic E-state index is 11.8. The topological polar surface area (TPSA) is 122 Å². The molecule has 6 nitrogen and oxygen atoms in total. The van der Waals surface area contributed by atoms with Crippen LogP contribution in [0.1, 0.15) is 36.0 Å². The summed E-state index contributed by atoms with van der Waals surface area (Å²) in [7, 11) is 0. The van der Waals surface area contributed by atoms with Crippen molar-refractivity contribution in [2.75, 3.05) is 24.6 Å². The number of unbranched alkanes of at least 4 members (excludes halogenated alkanes) is 3. The third-order valence-corrected chi connectivity index (χ3v) is 2.80. The molecule has 0 radical (unpaired) electrons. The van der Waals surface area contributed by atoms with Gasteiger partial charge >= 0.3 is 0 Å². The maximum absolute atomic E-state index is 11.8. The highest BCUT2D eigenvalue weighted by Gasteiger charge is 2.10. The molecule has 0 saturated carbocycles. The number of phenolic OH excluding ortho intramolecular Hbond substituents is 1. The fourth-order valence-corrected chi connectivity index (χ4v) is 1.71. The van der Waals surface area contributed by atoms with Gasteiger partial charge in [0, 0.05) is 18.7 Å². The van der Waals surface area contributed by atoms with E-state index >= 15 is 0 Å². The first kappa shape index (κ1) is 15.1. The number of amides is 1. The summed E-state index contributed by atoms with van der Waals surface area (Å²) >= 11 is 0. The van der Waals surface area contributed by atoms with Crippen LogP contribution in [0.5, 0.6) is 5.75 Å². The third kappa shape index (κ3) is 4.67. The number of nitrogens with two attached hydrogens (primary N) is 2. The van der Waals surface area contributed by atoms with Crippen LogP contribution in [-0.2, 0) is 0 Å². The van der Waals surface area contributed by atoms with Crippen LogP contribution in [0.25, 0.3) is 0 Å². The van der Waals surface area contributed by atoms with E-state index in [-0.39, 0.29) is 29.6 Å². The summed E-state index contributed by atoms with van der Waals surface area (Å²) in [5.41, 5.74) is 11.6. The van der Waals surface area contributed by atoms with Gasteiger partial charge in [-0.3, -0.25) is 4.79 Å². The number of aliphatic hydroxyl groups is 1. The molecule has 0 aliphatic rings. The summed E-state index contributed by atoms with van der Waals surface area (Å²) in [5, 5.41) is 20.8. The average Bonchev–Trinajstić information content (AvgIpc) is 2.39. The van der Waals surface area contributed by atoms with Crippen molar-refractivity contribution in [1.29, 1.82) is 0 Å². The molecule has 1 amide bonds. The van der Waals surface area contributed by atoms with Crippen molar-refractivity contribution in [2.24, 2.45) is 0 Å². The molecule has 1 aromatic rings. The van der Waals surface area contributed by atoms with Crippen LogP contribution in [0.3, 0.4) is 0 Å². The van der Waals surface area contributed by atoms with Gasteiger partial charge in [0.2, 0.25) is 0 Å². The van der Waals surface area contributed by atoms with Gasteiger partial charge in [-0.2, -0.15) is 0 Å². The highest BCUT2D eigenvalue weighted by atomic mass is 16.3. The summed E-state index contributed by atoms with van der Waals surface area (Å²) in [5.74, 6) is -0.457. The molecule has 6 heteroatoms. The number of rotatable bonds is 7. The smallest absolute Gasteiger partial charge is 0.251 e. The first-order valence-corrected chi connectivity index (χ1v) is 6.33. The van der Waals surface area contributed by atoms with Gasteiger partial charge in [-0.1, -0.05) is 12.8 Å². The Morgan fingerprint density at radius 2 is 1.68 bits per heavy atom. The SMILES string of the molecule is Nc1cc(C(=O)NCCCCCCO)cc(N)c1O. The average molecular weight is 267 g/mol. The second-order valence-electron chi connectivity index (χ2n) is 4.40. The zero-order valence-corrected chi connectivity index (χ0v) is 10.9. The largest absolute Gasteiger partial charge is 0.504 e. The molecule has 0 aliphatic carbocycles. The Kier molecular flexibility index (Phi) is 5.95. The molecule has 1 aromatic carbocycles. The molecule has 1 rings (SSSR count). The minimum absolute atomic E-state index is 0.0908. The molecule has 19 heavy (non-hydrogen) atoms. The van der Waals surface area contributed by atoms with E-state index in [9.17, 15) is 9.90 Å². The summed E-state index contributed by atoms with van der Waals surface area (Å²) < 4.78 is 0. The minimum Gasteiger partial charge on any atom is -0.504 e. The molecule has 0 aromatic heterocycles. The Morgan fingerprint density at radius 1 is 1.11 bits per heavy atom. The third-order valence-electron chi connectivity index (χ3n) is 2.80. The molecule has 0 heterocycles. The second-order valence-corrected chi connectivity index (χ2v) is 4.40. The lowest BCUT2D eigenvalue weighted by atomic mass is 10.1. The van der Waals surface area contributed by atoms with E-state index < -0.39 is 0 Å². The summed E-state index contributed by atoms with van der Waals surface area (Å²) in [6.45, 7) is 0.767. The van der Waals surface area contributed by atoms with Crippen molar-refractivity contribution in [1.82, 2.24) is 5.32 Å². The Bertz CT molecular complexity index is 412. The zero-order valence-electron chi connectivity index (χ0n) is 10.9. The molecule has 0 fully saturated rings. The lowest BCUT2D eigenvalue weighted by Crippen LogP contribution is -2.24. The Labute approximate surface area is 112 Å². The molecule has 0 aliphatic heterocycles. The number of anilines is 2. The summed E-state index contributed by atoms with van der Waals surface area (Å²) in [4.78, 5) is 11.8. The highest BCUT2D eigenvalue weighted by Crippen LogP contribution is 2.28. The van der Waals surface area contributed by atoms with Crippen molar-refractivity contribution in [2.45, 2.75) is 25.7 Å². The van der Waals surface area contributed by atoms with Crippen molar-refractivity contribution in [3.63, 3.8) is 0 Å². The predicted molar refractivity (Wildman–Crippen MR) is 74.8 cm³/mol. The van der Waals surface area contributed by atoms with Gasteiger partial charge in [0.05, 0.1) is 11.4 Å². The summed E-state index contributed by atoms with van der Waals surface area (Å²) in [6.07, 6.45) is 3.56. The van der Waals surface area contributed by atoms with Crippen LogP contribution >= 0.6 is 0 Å². The van der Waals surface area contributed by atoms with Gasteiger partial charge < -0.3 is 27.0 Å². The highest BCUT2D eigenvalue weighted by molar-refractivity contribution is 5.97. The van der Waals surface area contributed by atoms with Crippen molar-refractivity contribution < 1.29 is 15.0 Å². The van der Waals surface area contributed by atoms with Gasteiger partial charge in [-0.05, 0) is 25.0 Å². The number of hydrogen-bond donors (Lipinski definition) is 5. The van der Waals surface area contributed by atoms with Crippen molar-refractivity contribution in [3.8, 4) is 5.75 Å². The number of carbonyl (C=O) groups is 1. The molecular weight excluding hydrogens is 246 g/mol. The maximum Gasteiger partial charge on any atom is 0.251 e. The monoisotopic (exact) mass is 267 g/mol. The van der Waals surface area contributed by atoms with Crippen LogP contribution in [0.4, 0.5) is 11.4 Å². The summed E-state index contributed by atoms with van der Waals surface area (Å²) in [6, 6.07) is 2.79. The normalized spacial score (nSPS) is 10.4. The Morgan fingerprint density at radius 3 is 2.26 bits per heavy atom. The van der Waals surface area contributed by atoms with Gasteiger partial charge in [0.25, 0.3) is 5.91 Å². The minimum atomic E-state index is -0.263. The van der Waals surface area contributed by atoms with Crippen molar-refractivity contribution >= 4 is 17.3 Å². The molecule has 0 unspecified atom stereocenters. The van der Waals surface area contributed by atoms with E-state index in [1.165, 1.54) is 12.1 Å². The Balaban J connectivity index is 2.42. The van der Waals surface area contributed by atoms with E-state index in [4.69, 9.17) is 16.6 Å². The molecule has 0 atom stereocenters. The number of phenols is 1. The lowest BCUT2D eigenvalue weighted by molar-refractivity contribution is 0.0953. The fourth-order valence-electron chi connectivity index (χ4n) is 1.71. The number of aromatic hydroxyl groups is 1. The zero-order chi connectivity index (χ0) is 14.3. The van der Waals surface area contributed by atoms with Crippen LogP contribution < -0.4 is 16.8 Å². The number of aliphatic hydroxyl groups excluding tert-OH is 1. The van der Waals surface area contributed by atoms with Crippen LogP contribution in [-0.4, -0.2) is 29.3 Å². The fraction of sp³-hybridized carbons (Fsp3) is 0.462. The van der Waals surface area contributed by atoms with E-state index in [1.54, 1.807) is 0 Å². The van der Waals surface area contributed by atoms with Crippen LogP contribution in [0.15, 0.2) is 12.1 Å². The lowest BCUT2D eigenvalue weighted by Gasteiger charge is -2.08. The van der Waals surface area contributed by atoms with Crippen molar-refractivity contribution in [3.05, 3.63) is 17.7 Å².